The molecule has 1 aromatic heterocycles. The van der Waals surface area contributed by atoms with Crippen molar-refractivity contribution in [3.05, 3.63) is 46.6 Å². The second kappa shape index (κ2) is 4.89. The van der Waals surface area contributed by atoms with Gasteiger partial charge < -0.3 is 4.98 Å². The molecule has 0 aliphatic heterocycles. The molecule has 2 rings (SSSR count). The number of rotatable bonds is 3. The van der Waals surface area contributed by atoms with Gasteiger partial charge in [-0.2, -0.15) is 0 Å². The maximum atomic E-state index is 13.0. The van der Waals surface area contributed by atoms with E-state index in [1.54, 1.807) is 6.20 Å². The van der Waals surface area contributed by atoms with Crippen LogP contribution in [0.5, 0.6) is 0 Å². The zero-order chi connectivity index (χ0) is 12.4. The third-order valence-electron chi connectivity index (χ3n) is 2.16. The number of imidazole rings is 1. The number of thioether (sulfide) groups is 1. The van der Waals surface area contributed by atoms with E-state index in [4.69, 9.17) is 11.6 Å². The topological polar surface area (TPSA) is 45.8 Å². The monoisotopic (exact) mass is 270 g/mol. The molecule has 0 saturated heterocycles. The van der Waals surface area contributed by atoms with Gasteiger partial charge in [-0.25, -0.2) is 9.37 Å². The van der Waals surface area contributed by atoms with E-state index >= 15 is 0 Å². The Labute approximate surface area is 106 Å². The van der Waals surface area contributed by atoms with Crippen molar-refractivity contribution in [1.29, 1.82) is 0 Å². The van der Waals surface area contributed by atoms with Crippen LogP contribution in [0.4, 0.5) is 4.39 Å². The van der Waals surface area contributed by atoms with Crippen LogP contribution >= 0.6 is 23.4 Å². The van der Waals surface area contributed by atoms with Crippen molar-refractivity contribution in [3.8, 4) is 0 Å². The van der Waals surface area contributed by atoms with Crippen LogP contribution in [0, 0.1) is 5.82 Å². The van der Waals surface area contributed by atoms with E-state index < -0.39 is 5.82 Å². The van der Waals surface area contributed by atoms with Gasteiger partial charge >= 0.3 is 0 Å². The van der Waals surface area contributed by atoms with Crippen LogP contribution in [0.15, 0.2) is 29.4 Å². The number of hydrogen-bond acceptors (Lipinski definition) is 3. The van der Waals surface area contributed by atoms with E-state index in [9.17, 15) is 9.18 Å². The molecular formula is C11H8ClFN2OS. The molecule has 88 valence electrons. The van der Waals surface area contributed by atoms with Crippen molar-refractivity contribution < 1.29 is 9.18 Å². The molecule has 0 aliphatic carbocycles. The SMILES string of the molecule is CSc1c[nH]c(C(=O)c2ccc(F)c(Cl)c2)n1. The third-order valence-corrected chi connectivity index (χ3v) is 3.08. The maximum absolute atomic E-state index is 13.0. The number of hydrogen-bond donors (Lipinski definition) is 1. The zero-order valence-corrected chi connectivity index (χ0v) is 10.4. The molecule has 1 aromatic carbocycles. The average Bonchev–Trinajstić information content (AvgIpc) is 2.80. The lowest BCUT2D eigenvalue weighted by atomic mass is 10.1. The predicted octanol–water partition coefficient (Wildman–Crippen LogP) is 3.16. The van der Waals surface area contributed by atoms with E-state index in [0.717, 1.165) is 11.1 Å². The summed E-state index contributed by atoms with van der Waals surface area (Å²) in [6.07, 6.45) is 3.50. The molecule has 2 aromatic rings. The summed E-state index contributed by atoms with van der Waals surface area (Å²) in [6.45, 7) is 0. The molecule has 0 radical (unpaired) electrons. The third kappa shape index (κ3) is 2.50. The minimum atomic E-state index is -0.549. The van der Waals surface area contributed by atoms with E-state index in [2.05, 4.69) is 9.97 Å². The van der Waals surface area contributed by atoms with Crippen LogP contribution in [0.25, 0.3) is 0 Å². The minimum absolute atomic E-state index is 0.0764. The number of halogens is 2. The first-order chi connectivity index (χ1) is 8.11. The van der Waals surface area contributed by atoms with Crippen molar-refractivity contribution in [2.24, 2.45) is 0 Å². The number of aromatic amines is 1. The Morgan fingerprint density at radius 2 is 2.29 bits per heavy atom. The molecule has 17 heavy (non-hydrogen) atoms. The van der Waals surface area contributed by atoms with Crippen LogP contribution in [-0.2, 0) is 0 Å². The van der Waals surface area contributed by atoms with Crippen LogP contribution in [0.1, 0.15) is 16.2 Å². The van der Waals surface area contributed by atoms with Gasteiger partial charge in [0.1, 0.15) is 10.8 Å². The fourth-order valence-electron chi connectivity index (χ4n) is 1.30. The minimum Gasteiger partial charge on any atom is -0.341 e. The lowest BCUT2D eigenvalue weighted by Gasteiger charge is -1.99. The van der Waals surface area contributed by atoms with Crippen molar-refractivity contribution in [3.63, 3.8) is 0 Å². The normalized spacial score (nSPS) is 10.5. The van der Waals surface area contributed by atoms with Gasteiger partial charge in [-0.1, -0.05) is 11.6 Å². The second-order valence-electron chi connectivity index (χ2n) is 3.25. The first kappa shape index (κ1) is 12.1. The molecule has 1 heterocycles. The molecule has 0 fully saturated rings. The molecule has 3 nitrogen and oxygen atoms in total. The summed E-state index contributed by atoms with van der Waals surface area (Å²) in [7, 11) is 0. The Bertz CT molecular complexity index is 570. The summed E-state index contributed by atoms with van der Waals surface area (Å²) < 4.78 is 13.0. The van der Waals surface area contributed by atoms with E-state index in [1.165, 1.54) is 23.9 Å². The number of H-pyrrole nitrogens is 1. The van der Waals surface area contributed by atoms with Crippen LogP contribution < -0.4 is 0 Å². The van der Waals surface area contributed by atoms with Gasteiger partial charge in [0.2, 0.25) is 5.78 Å². The van der Waals surface area contributed by atoms with Crippen LogP contribution in [0.2, 0.25) is 5.02 Å². The highest BCUT2D eigenvalue weighted by Crippen LogP contribution is 2.18. The number of aromatic nitrogens is 2. The average molecular weight is 271 g/mol. The molecule has 6 heteroatoms. The highest BCUT2D eigenvalue weighted by Gasteiger charge is 2.14. The number of ketones is 1. The summed E-state index contributed by atoms with van der Waals surface area (Å²) >= 11 is 7.04. The fourth-order valence-corrected chi connectivity index (χ4v) is 1.84. The molecule has 0 unspecified atom stereocenters. The summed E-state index contributed by atoms with van der Waals surface area (Å²) in [4.78, 5) is 18.8. The molecule has 1 N–H and O–H groups in total. The Morgan fingerprint density at radius 3 is 2.88 bits per heavy atom. The number of benzene rings is 1. The summed E-state index contributed by atoms with van der Waals surface area (Å²) in [5.74, 6) is -0.642. The van der Waals surface area contributed by atoms with Gasteiger partial charge in [0, 0.05) is 11.8 Å². The molecular weight excluding hydrogens is 263 g/mol. The first-order valence-corrected chi connectivity index (χ1v) is 6.31. The molecule has 0 saturated carbocycles. The maximum Gasteiger partial charge on any atom is 0.228 e. The predicted molar refractivity (Wildman–Crippen MR) is 65.2 cm³/mol. The van der Waals surface area contributed by atoms with Crippen LogP contribution in [-0.4, -0.2) is 22.0 Å². The van der Waals surface area contributed by atoms with Crippen molar-refractivity contribution in [2.45, 2.75) is 5.03 Å². The van der Waals surface area contributed by atoms with Crippen molar-refractivity contribution in [2.75, 3.05) is 6.26 Å². The summed E-state index contributed by atoms with van der Waals surface area (Å²) in [6, 6.07) is 3.83. The standard InChI is InChI=1S/C11H8ClFN2OS/c1-17-9-5-14-11(15-9)10(16)6-2-3-8(13)7(12)4-6/h2-5H,1H3,(H,14,15). The molecule has 0 aliphatic rings. The quantitative estimate of drug-likeness (QED) is 0.688. The van der Waals surface area contributed by atoms with Crippen LogP contribution in [0.3, 0.4) is 0 Å². The first-order valence-electron chi connectivity index (χ1n) is 4.71. The highest BCUT2D eigenvalue weighted by molar-refractivity contribution is 7.98. The van der Waals surface area contributed by atoms with Gasteiger partial charge in [-0.3, -0.25) is 4.79 Å². The van der Waals surface area contributed by atoms with Gasteiger partial charge in [0.15, 0.2) is 5.82 Å². The molecule has 0 amide bonds. The van der Waals surface area contributed by atoms with Crippen molar-refractivity contribution in [1.82, 2.24) is 9.97 Å². The van der Waals surface area contributed by atoms with Gasteiger partial charge in [0.25, 0.3) is 0 Å². The number of carbonyl (C=O) groups is 1. The number of nitrogens with one attached hydrogen (secondary N) is 1. The number of carbonyl (C=O) groups excluding carboxylic acids is 1. The van der Waals surface area contributed by atoms with Gasteiger partial charge in [-0.05, 0) is 24.5 Å². The molecule has 0 bridgehead atoms. The summed E-state index contributed by atoms with van der Waals surface area (Å²) in [5, 5.41) is 0.647. The lowest BCUT2D eigenvalue weighted by molar-refractivity contribution is 0.103. The van der Waals surface area contributed by atoms with Gasteiger partial charge in [0.05, 0.1) is 5.02 Å². The number of nitrogens with zero attached hydrogens (tertiary/aromatic N) is 1. The Morgan fingerprint density at radius 1 is 1.53 bits per heavy atom. The Balaban J connectivity index is 2.33. The summed E-state index contributed by atoms with van der Waals surface area (Å²) in [5.41, 5.74) is 0.304. The Kier molecular flexibility index (Phi) is 3.49. The van der Waals surface area contributed by atoms with E-state index in [-0.39, 0.29) is 16.6 Å². The second-order valence-corrected chi connectivity index (χ2v) is 4.48. The van der Waals surface area contributed by atoms with Gasteiger partial charge in [-0.15, -0.1) is 11.8 Å². The Hall–Kier alpha value is -1.33. The van der Waals surface area contributed by atoms with E-state index in [0.29, 0.717) is 5.56 Å². The molecule has 0 spiro atoms. The molecule has 0 atom stereocenters. The smallest absolute Gasteiger partial charge is 0.228 e. The largest absolute Gasteiger partial charge is 0.341 e. The highest BCUT2D eigenvalue weighted by atomic mass is 35.5. The van der Waals surface area contributed by atoms with E-state index in [1.807, 2.05) is 6.26 Å². The lowest BCUT2D eigenvalue weighted by Crippen LogP contribution is -2.03. The van der Waals surface area contributed by atoms with Crippen molar-refractivity contribution >= 4 is 29.1 Å². The fraction of sp³-hybridized carbons (Fsp3) is 0.0909. The zero-order valence-electron chi connectivity index (χ0n) is 8.83.